The van der Waals surface area contributed by atoms with E-state index in [1.165, 1.54) is 12.3 Å². The number of carbonyl (C=O) groups excluding carboxylic acids is 2. The van der Waals surface area contributed by atoms with Crippen LogP contribution < -0.4 is 5.73 Å². The van der Waals surface area contributed by atoms with Gasteiger partial charge in [-0.15, -0.1) is 0 Å². The van der Waals surface area contributed by atoms with E-state index < -0.39 is 5.95 Å². The Balaban J connectivity index is 1.93. The number of fused-ring (bicyclic) bond motifs is 2. The third-order valence-electron chi connectivity index (χ3n) is 4.30. The van der Waals surface area contributed by atoms with Crippen LogP contribution >= 0.6 is 0 Å². The second-order valence-corrected chi connectivity index (χ2v) is 5.49. The van der Waals surface area contributed by atoms with Crippen molar-refractivity contribution in [2.45, 2.75) is 31.7 Å². The highest BCUT2D eigenvalue weighted by Crippen LogP contribution is 2.30. The normalized spacial score (nSPS) is 25.6. The zero-order chi connectivity index (χ0) is 14.3. The first-order valence-electron chi connectivity index (χ1n) is 6.81. The first-order chi connectivity index (χ1) is 9.56. The molecule has 0 saturated carbocycles. The van der Waals surface area contributed by atoms with Crippen molar-refractivity contribution in [3.63, 3.8) is 0 Å². The second-order valence-electron chi connectivity index (χ2n) is 5.49. The average molecular weight is 277 g/mol. The average Bonchev–Trinajstić information content (AvgIpc) is 2.56. The third-order valence-corrected chi connectivity index (χ3v) is 4.30. The number of amides is 2. The third kappa shape index (κ3) is 2.15. The molecule has 0 aliphatic carbocycles. The summed E-state index contributed by atoms with van der Waals surface area (Å²) in [5, 5.41) is 0. The maximum Gasteiger partial charge on any atom is 0.255 e. The molecule has 2 aliphatic heterocycles. The van der Waals surface area contributed by atoms with Crippen molar-refractivity contribution >= 4 is 11.8 Å². The lowest BCUT2D eigenvalue weighted by atomic mass is 9.90. The van der Waals surface area contributed by atoms with Crippen LogP contribution in [0, 0.1) is 11.9 Å². The summed E-state index contributed by atoms with van der Waals surface area (Å²) in [4.78, 5) is 29.2. The first-order valence-corrected chi connectivity index (χ1v) is 6.81. The van der Waals surface area contributed by atoms with Crippen molar-refractivity contribution in [1.82, 2.24) is 9.88 Å². The molecule has 20 heavy (non-hydrogen) atoms. The second kappa shape index (κ2) is 4.85. The summed E-state index contributed by atoms with van der Waals surface area (Å²) < 4.78 is 13.2. The highest BCUT2D eigenvalue weighted by atomic mass is 19.1. The van der Waals surface area contributed by atoms with E-state index in [1.807, 2.05) is 0 Å². The molecule has 0 unspecified atom stereocenters. The number of aromatic nitrogens is 1. The molecule has 3 rings (SSSR count). The largest absolute Gasteiger partial charge is 0.369 e. The van der Waals surface area contributed by atoms with Gasteiger partial charge in [0, 0.05) is 18.8 Å². The van der Waals surface area contributed by atoms with Gasteiger partial charge in [-0.05, 0) is 37.3 Å². The highest BCUT2D eigenvalue weighted by molar-refractivity contribution is 5.96. The van der Waals surface area contributed by atoms with Gasteiger partial charge in [0.25, 0.3) is 5.91 Å². The molecular formula is C14H16FN3O2. The number of pyridine rings is 1. The molecule has 0 bridgehead atoms. The molecule has 1 saturated heterocycles. The van der Waals surface area contributed by atoms with Crippen LogP contribution in [0.1, 0.15) is 35.2 Å². The van der Waals surface area contributed by atoms with Gasteiger partial charge in [-0.25, -0.2) is 4.98 Å². The van der Waals surface area contributed by atoms with Crippen LogP contribution in [0.2, 0.25) is 0 Å². The van der Waals surface area contributed by atoms with E-state index in [0.29, 0.717) is 30.5 Å². The van der Waals surface area contributed by atoms with Gasteiger partial charge in [-0.3, -0.25) is 9.59 Å². The Morgan fingerprint density at radius 3 is 2.95 bits per heavy atom. The van der Waals surface area contributed by atoms with Crippen LogP contribution in [0.4, 0.5) is 4.39 Å². The number of halogens is 1. The minimum atomic E-state index is -0.563. The molecule has 2 N–H and O–H groups in total. The molecule has 0 spiro atoms. The van der Waals surface area contributed by atoms with Crippen molar-refractivity contribution < 1.29 is 14.0 Å². The molecule has 2 aliphatic rings. The Bertz CT molecular complexity index is 576. The van der Waals surface area contributed by atoms with Gasteiger partial charge in [0.15, 0.2) is 0 Å². The number of piperidine rings is 1. The summed E-state index contributed by atoms with van der Waals surface area (Å²) in [6.07, 6.45) is 4.22. The van der Waals surface area contributed by atoms with Gasteiger partial charge in [-0.1, -0.05) is 0 Å². The first kappa shape index (κ1) is 13.0. The molecule has 2 amide bonds. The standard InChI is InChI=1S/C14H16FN3O2/c15-12-5-8-1-3-10-4-2-9(13(16)19)7-18(10)14(20)11(8)6-17-12/h5-6,9-10H,1-4,7H2,(H2,16,19)/t9-,10-/m0/s1. The summed E-state index contributed by atoms with van der Waals surface area (Å²) in [5.74, 6) is -1.38. The van der Waals surface area contributed by atoms with Gasteiger partial charge in [0.1, 0.15) is 0 Å². The number of hydrogen-bond donors (Lipinski definition) is 1. The number of hydrogen-bond acceptors (Lipinski definition) is 3. The molecule has 106 valence electrons. The topological polar surface area (TPSA) is 76.3 Å². The predicted octanol–water partition coefficient (Wildman–Crippen LogP) is 0.873. The smallest absolute Gasteiger partial charge is 0.255 e. The number of nitrogens with zero attached hydrogens (tertiary/aromatic N) is 2. The maximum absolute atomic E-state index is 13.2. The number of nitrogens with two attached hydrogens (primary N) is 1. The van der Waals surface area contributed by atoms with Gasteiger partial charge in [0.2, 0.25) is 11.9 Å². The van der Waals surface area contributed by atoms with Crippen LogP contribution in [0.25, 0.3) is 0 Å². The Morgan fingerprint density at radius 2 is 2.20 bits per heavy atom. The molecule has 1 aromatic heterocycles. The zero-order valence-electron chi connectivity index (χ0n) is 11.0. The highest BCUT2D eigenvalue weighted by Gasteiger charge is 2.36. The molecule has 0 radical (unpaired) electrons. The minimum Gasteiger partial charge on any atom is -0.369 e. The molecule has 0 aromatic carbocycles. The zero-order valence-corrected chi connectivity index (χ0v) is 11.0. The lowest BCUT2D eigenvalue weighted by Crippen LogP contribution is -2.49. The van der Waals surface area contributed by atoms with Crippen LogP contribution in [-0.4, -0.2) is 34.3 Å². The summed E-state index contributed by atoms with van der Waals surface area (Å²) in [5.41, 5.74) is 6.49. The lowest BCUT2D eigenvalue weighted by molar-refractivity contribution is -0.123. The Morgan fingerprint density at radius 1 is 1.40 bits per heavy atom. The van der Waals surface area contributed by atoms with Crippen LogP contribution in [0.5, 0.6) is 0 Å². The van der Waals surface area contributed by atoms with Crippen molar-refractivity contribution in [1.29, 1.82) is 0 Å². The maximum atomic E-state index is 13.2. The van der Waals surface area contributed by atoms with E-state index in [-0.39, 0.29) is 23.8 Å². The molecule has 1 aromatic rings. The van der Waals surface area contributed by atoms with Crippen LogP contribution in [0.3, 0.4) is 0 Å². The molecule has 5 nitrogen and oxygen atoms in total. The van der Waals surface area contributed by atoms with E-state index in [9.17, 15) is 14.0 Å². The van der Waals surface area contributed by atoms with Gasteiger partial charge < -0.3 is 10.6 Å². The van der Waals surface area contributed by atoms with Crippen molar-refractivity contribution in [2.24, 2.45) is 11.7 Å². The van der Waals surface area contributed by atoms with Gasteiger partial charge in [-0.2, -0.15) is 4.39 Å². The van der Waals surface area contributed by atoms with E-state index in [2.05, 4.69) is 4.98 Å². The lowest BCUT2D eigenvalue weighted by Gasteiger charge is -2.37. The van der Waals surface area contributed by atoms with E-state index >= 15 is 0 Å². The fraction of sp³-hybridized carbons (Fsp3) is 0.500. The Labute approximate surface area is 116 Å². The van der Waals surface area contributed by atoms with Crippen LogP contribution in [-0.2, 0) is 11.2 Å². The monoisotopic (exact) mass is 277 g/mol. The Hall–Kier alpha value is -1.98. The molecule has 1 fully saturated rings. The van der Waals surface area contributed by atoms with Crippen molar-refractivity contribution in [2.75, 3.05) is 6.54 Å². The summed E-state index contributed by atoms with van der Waals surface area (Å²) >= 11 is 0. The molecule has 2 atom stereocenters. The summed E-state index contributed by atoms with van der Waals surface area (Å²) in [6.45, 7) is 0.357. The fourth-order valence-corrected chi connectivity index (χ4v) is 3.15. The number of primary amides is 1. The van der Waals surface area contributed by atoms with E-state index in [1.54, 1.807) is 4.90 Å². The molecule has 3 heterocycles. The Kier molecular flexibility index (Phi) is 3.16. The number of carbonyl (C=O) groups is 2. The quantitative estimate of drug-likeness (QED) is 0.774. The minimum absolute atomic E-state index is 0.105. The molecule has 6 heteroatoms. The number of rotatable bonds is 1. The SMILES string of the molecule is NC(=O)[C@H]1CC[C@@H]2CCc3cc(F)ncc3C(=O)N2C1. The summed E-state index contributed by atoms with van der Waals surface area (Å²) in [6, 6.07) is 1.44. The van der Waals surface area contributed by atoms with Gasteiger partial charge in [0.05, 0.1) is 11.5 Å². The van der Waals surface area contributed by atoms with Gasteiger partial charge >= 0.3 is 0 Å². The van der Waals surface area contributed by atoms with Crippen LogP contribution in [0.15, 0.2) is 12.3 Å². The van der Waals surface area contributed by atoms with E-state index in [0.717, 1.165) is 12.8 Å². The predicted molar refractivity (Wildman–Crippen MR) is 69.3 cm³/mol. The summed E-state index contributed by atoms with van der Waals surface area (Å²) in [7, 11) is 0. The van der Waals surface area contributed by atoms with Crippen molar-refractivity contribution in [3.05, 3.63) is 29.3 Å². The molecular weight excluding hydrogens is 261 g/mol. The number of aryl methyl sites for hydroxylation is 1. The van der Waals surface area contributed by atoms with Crippen molar-refractivity contribution in [3.8, 4) is 0 Å². The fourth-order valence-electron chi connectivity index (χ4n) is 3.15. The van der Waals surface area contributed by atoms with E-state index in [4.69, 9.17) is 5.73 Å².